The minimum absolute atomic E-state index is 0.690. The first-order chi connectivity index (χ1) is 9.74. The first-order valence-corrected chi connectivity index (χ1v) is 8.26. The molecule has 20 heavy (non-hydrogen) atoms. The fourth-order valence-corrected chi connectivity index (χ4v) is 3.32. The maximum absolute atomic E-state index is 3.68. The van der Waals surface area contributed by atoms with Gasteiger partial charge in [-0.25, -0.2) is 0 Å². The van der Waals surface area contributed by atoms with Gasteiger partial charge < -0.3 is 5.32 Å². The van der Waals surface area contributed by atoms with Crippen molar-refractivity contribution in [1.82, 2.24) is 10.2 Å². The largest absolute Gasteiger partial charge is 0.314 e. The van der Waals surface area contributed by atoms with E-state index in [1.807, 2.05) is 0 Å². The molecule has 1 N–H and O–H groups in total. The Morgan fingerprint density at radius 3 is 2.60 bits per heavy atom. The van der Waals surface area contributed by atoms with E-state index in [0.717, 1.165) is 17.9 Å². The average Bonchev–Trinajstić information content (AvgIpc) is 3.19. The third kappa shape index (κ3) is 3.42. The Balaban J connectivity index is 1.50. The van der Waals surface area contributed by atoms with Gasteiger partial charge in [-0.05, 0) is 56.7 Å². The Morgan fingerprint density at radius 1 is 1.15 bits per heavy atom. The van der Waals surface area contributed by atoms with Crippen molar-refractivity contribution in [3.05, 3.63) is 35.9 Å². The summed E-state index contributed by atoms with van der Waals surface area (Å²) in [6.45, 7) is 8.48. The van der Waals surface area contributed by atoms with Gasteiger partial charge >= 0.3 is 0 Å². The molecule has 3 unspecified atom stereocenters. The van der Waals surface area contributed by atoms with Crippen LogP contribution in [0.5, 0.6) is 0 Å². The predicted molar refractivity (Wildman–Crippen MR) is 85.0 cm³/mol. The van der Waals surface area contributed by atoms with Crippen LogP contribution < -0.4 is 5.32 Å². The number of rotatable bonds is 6. The zero-order chi connectivity index (χ0) is 13.9. The van der Waals surface area contributed by atoms with Gasteiger partial charge in [-0.2, -0.15) is 0 Å². The smallest absolute Gasteiger partial charge is 0.0105 e. The molecule has 3 rings (SSSR count). The van der Waals surface area contributed by atoms with E-state index in [9.17, 15) is 0 Å². The summed E-state index contributed by atoms with van der Waals surface area (Å²) in [6.07, 6.45) is 4.10. The summed E-state index contributed by atoms with van der Waals surface area (Å²) < 4.78 is 0. The molecule has 1 saturated carbocycles. The molecule has 3 atom stereocenters. The van der Waals surface area contributed by atoms with Crippen molar-refractivity contribution in [1.29, 1.82) is 0 Å². The molecule has 2 heteroatoms. The second kappa shape index (κ2) is 6.28. The molecule has 1 aliphatic heterocycles. The Kier molecular flexibility index (Phi) is 4.42. The monoisotopic (exact) mass is 272 g/mol. The SMILES string of the molecule is CC(CNC1CC1)C(C)N1CCC(c2ccccc2)C1. The van der Waals surface area contributed by atoms with Crippen LogP contribution in [0, 0.1) is 5.92 Å². The van der Waals surface area contributed by atoms with Crippen LogP contribution in [0.2, 0.25) is 0 Å². The van der Waals surface area contributed by atoms with Crippen molar-refractivity contribution in [2.75, 3.05) is 19.6 Å². The summed E-state index contributed by atoms with van der Waals surface area (Å²) >= 11 is 0. The summed E-state index contributed by atoms with van der Waals surface area (Å²) in [5, 5.41) is 3.68. The molecule has 110 valence electrons. The van der Waals surface area contributed by atoms with Gasteiger partial charge in [-0.15, -0.1) is 0 Å². The molecule has 2 fully saturated rings. The number of nitrogens with zero attached hydrogens (tertiary/aromatic N) is 1. The molecule has 2 aliphatic rings. The number of hydrogen-bond donors (Lipinski definition) is 1. The fraction of sp³-hybridized carbons (Fsp3) is 0.667. The van der Waals surface area contributed by atoms with E-state index >= 15 is 0 Å². The average molecular weight is 272 g/mol. The molecule has 1 aromatic carbocycles. The summed E-state index contributed by atoms with van der Waals surface area (Å²) in [4.78, 5) is 2.69. The van der Waals surface area contributed by atoms with Gasteiger partial charge in [0, 0.05) is 18.6 Å². The van der Waals surface area contributed by atoms with Crippen molar-refractivity contribution >= 4 is 0 Å². The second-order valence-electron chi connectivity index (χ2n) is 6.79. The molecular formula is C18H28N2. The third-order valence-corrected chi connectivity index (χ3v) is 5.20. The topological polar surface area (TPSA) is 15.3 Å². The maximum Gasteiger partial charge on any atom is 0.0105 e. The molecule has 1 aliphatic carbocycles. The van der Waals surface area contributed by atoms with Crippen LogP contribution in [-0.2, 0) is 0 Å². The van der Waals surface area contributed by atoms with Gasteiger partial charge in [0.2, 0.25) is 0 Å². The summed E-state index contributed by atoms with van der Waals surface area (Å²) in [5.74, 6) is 1.48. The number of likely N-dealkylation sites (tertiary alicyclic amines) is 1. The highest BCUT2D eigenvalue weighted by Gasteiger charge is 2.30. The van der Waals surface area contributed by atoms with Gasteiger partial charge in [-0.3, -0.25) is 4.90 Å². The molecule has 2 nitrogen and oxygen atoms in total. The first kappa shape index (κ1) is 14.1. The van der Waals surface area contributed by atoms with E-state index in [2.05, 4.69) is 54.4 Å². The van der Waals surface area contributed by atoms with E-state index in [1.165, 1.54) is 44.5 Å². The van der Waals surface area contributed by atoms with E-state index in [4.69, 9.17) is 0 Å². The Morgan fingerprint density at radius 2 is 1.90 bits per heavy atom. The predicted octanol–water partition coefficient (Wildman–Crippen LogP) is 3.25. The first-order valence-electron chi connectivity index (χ1n) is 8.26. The zero-order valence-electron chi connectivity index (χ0n) is 12.9. The second-order valence-corrected chi connectivity index (χ2v) is 6.79. The summed E-state index contributed by atoms with van der Waals surface area (Å²) in [6, 6.07) is 12.6. The molecule has 0 bridgehead atoms. The fourth-order valence-electron chi connectivity index (χ4n) is 3.32. The van der Waals surface area contributed by atoms with Gasteiger partial charge in [0.1, 0.15) is 0 Å². The van der Waals surface area contributed by atoms with Crippen molar-refractivity contribution in [2.24, 2.45) is 5.92 Å². The van der Waals surface area contributed by atoms with Crippen molar-refractivity contribution < 1.29 is 0 Å². The maximum atomic E-state index is 3.68. The van der Waals surface area contributed by atoms with Crippen LogP contribution in [0.3, 0.4) is 0 Å². The van der Waals surface area contributed by atoms with Crippen LogP contribution >= 0.6 is 0 Å². The van der Waals surface area contributed by atoms with Crippen molar-refractivity contribution in [2.45, 2.75) is 51.1 Å². The highest BCUT2D eigenvalue weighted by molar-refractivity contribution is 5.21. The molecular weight excluding hydrogens is 244 g/mol. The minimum atomic E-state index is 0.690. The van der Waals surface area contributed by atoms with Crippen molar-refractivity contribution in [3.63, 3.8) is 0 Å². The molecule has 1 heterocycles. The Hall–Kier alpha value is -0.860. The van der Waals surface area contributed by atoms with E-state index in [-0.39, 0.29) is 0 Å². The van der Waals surface area contributed by atoms with Gasteiger partial charge in [0.25, 0.3) is 0 Å². The quantitative estimate of drug-likeness (QED) is 0.855. The number of benzene rings is 1. The lowest BCUT2D eigenvalue weighted by molar-refractivity contribution is 0.193. The lowest BCUT2D eigenvalue weighted by Crippen LogP contribution is -2.40. The van der Waals surface area contributed by atoms with E-state index in [0.29, 0.717) is 6.04 Å². The summed E-state index contributed by atoms with van der Waals surface area (Å²) in [7, 11) is 0. The van der Waals surface area contributed by atoms with Gasteiger partial charge in [0.15, 0.2) is 0 Å². The van der Waals surface area contributed by atoms with Crippen molar-refractivity contribution in [3.8, 4) is 0 Å². The normalized spacial score (nSPS) is 26.6. The lowest BCUT2D eigenvalue weighted by Gasteiger charge is -2.30. The van der Waals surface area contributed by atoms with Crippen LogP contribution in [0.1, 0.15) is 44.6 Å². The zero-order valence-corrected chi connectivity index (χ0v) is 12.9. The molecule has 0 aromatic heterocycles. The summed E-state index contributed by atoms with van der Waals surface area (Å²) in [5.41, 5.74) is 1.52. The molecule has 0 amide bonds. The van der Waals surface area contributed by atoms with E-state index < -0.39 is 0 Å². The van der Waals surface area contributed by atoms with Crippen LogP contribution in [0.4, 0.5) is 0 Å². The Labute approximate surface area is 123 Å². The lowest BCUT2D eigenvalue weighted by atomic mass is 9.98. The highest BCUT2D eigenvalue weighted by Crippen LogP contribution is 2.29. The van der Waals surface area contributed by atoms with Crippen LogP contribution in [0.25, 0.3) is 0 Å². The van der Waals surface area contributed by atoms with Gasteiger partial charge in [0.05, 0.1) is 0 Å². The third-order valence-electron chi connectivity index (χ3n) is 5.20. The molecule has 0 radical (unpaired) electrons. The van der Waals surface area contributed by atoms with Gasteiger partial charge in [-0.1, -0.05) is 37.3 Å². The van der Waals surface area contributed by atoms with Crippen LogP contribution in [-0.4, -0.2) is 36.6 Å². The standard InChI is InChI=1S/C18H28N2/c1-14(12-19-18-8-9-18)15(2)20-11-10-17(13-20)16-6-4-3-5-7-16/h3-7,14-15,17-19H,8-13H2,1-2H3. The molecule has 0 spiro atoms. The minimum Gasteiger partial charge on any atom is -0.314 e. The number of hydrogen-bond acceptors (Lipinski definition) is 2. The van der Waals surface area contributed by atoms with E-state index in [1.54, 1.807) is 0 Å². The highest BCUT2D eigenvalue weighted by atomic mass is 15.2. The van der Waals surface area contributed by atoms with Crippen LogP contribution in [0.15, 0.2) is 30.3 Å². The Bertz CT molecular complexity index is 413. The number of nitrogens with one attached hydrogen (secondary N) is 1. The molecule has 1 aromatic rings. The molecule has 1 saturated heterocycles.